The second-order valence-corrected chi connectivity index (χ2v) is 6.67. The molecule has 0 heterocycles. The second-order valence-electron chi connectivity index (χ2n) is 4.51. The zero-order chi connectivity index (χ0) is 14.2. The molecule has 1 unspecified atom stereocenters. The molecule has 0 fully saturated rings. The first-order chi connectivity index (χ1) is 9.75. The quantitative estimate of drug-likeness (QED) is 0.596. The summed E-state index contributed by atoms with van der Waals surface area (Å²) in [5.74, 6) is -0.214. The topological polar surface area (TPSA) is 26.3 Å². The first-order valence-electron chi connectivity index (χ1n) is 6.59. The van der Waals surface area contributed by atoms with Gasteiger partial charge in [0.05, 0.1) is 0 Å². The third-order valence-corrected chi connectivity index (χ3v) is 5.12. The number of ether oxygens (including phenoxy) is 1. The van der Waals surface area contributed by atoms with Gasteiger partial charge in [0.25, 0.3) is 0 Å². The van der Waals surface area contributed by atoms with Crippen LogP contribution in [0.4, 0.5) is 0 Å². The predicted molar refractivity (Wildman–Crippen MR) is 81.7 cm³/mol. The molecule has 1 atom stereocenters. The number of hydrogen-bond acceptors (Lipinski definition) is 2. The van der Waals surface area contributed by atoms with E-state index in [4.69, 9.17) is 4.74 Å². The number of carbonyl (C=O) groups is 1. The molecular formula is C17H18O2Se. The van der Waals surface area contributed by atoms with Crippen molar-refractivity contribution in [2.24, 2.45) is 0 Å². The van der Waals surface area contributed by atoms with Crippen LogP contribution in [0.1, 0.15) is 24.2 Å². The summed E-state index contributed by atoms with van der Waals surface area (Å²) in [6.45, 7) is 1.47. The molecule has 20 heavy (non-hydrogen) atoms. The number of benzene rings is 2. The van der Waals surface area contributed by atoms with Gasteiger partial charge in [-0.1, -0.05) is 0 Å². The van der Waals surface area contributed by atoms with Crippen molar-refractivity contribution in [2.45, 2.75) is 23.7 Å². The van der Waals surface area contributed by atoms with Crippen LogP contribution in [0.25, 0.3) is 0 Å². The number of hydrogen-bond donors (Lipinski definition) is 0. The van der Waals surface area contributed by atoms with Crippen molar-refractivity contribution in [1.29, 1.82) is 0 Å². The molecule has 0 radical (unpaired) electrons. The van der Waals surface area contributed by atoms with Crippen LogP contribution in [0, 0.1) is 0 Å². The molecule has 0 bridgehead atoms. The van der Waals surface area contributed by atoms with E-state index in [1.54, 1.807) is 0 Å². The van der Waals surface area contributed by atoms with Gasteiger partial charge in [-0.25, -0.2) is 0 Å². The molecule has 0 saturated carbocycles. The maximum absolute atomic E-state index is 11.2. The number of rotatable bonds is 6. The van der Waals surface area contributed by atoms with Crippen molar-refractivity contribution in [3.8, 4) is 0 Å². The van der Waals surface area contributed by atoms with E-state index >= 15 is 0 Å². The van der Waals surface area contributed by atoms with Crippen molar-refractivity contribution in [3.05, 3.63) is 71.8 Å². The Morgan fingerprint density at radius 1 is 1.05 bits per heavy atom. The van der Waals surface area contributed by atoms with Gasteiger partial charge in [-0.3, -0.25) is 0 Å². The van der Waals surface area contributed by atoms with E-state index in [0.717, 1.165) is 16.2 Å². The summed E-state index contributed by atoms with van der Waals surface area (Å²) in [5, 5.41) is 1.98. The van der Waals surface area contributed by atoms with E-state index in [1.807, 2.05) is 36.4 Å². The zero-order valence-electron chi connectivity index (χ0n) is 11.5. The molecule has 0 aliphatic carbocycles. The van der Waals surface area contributed by atoms with Crippen molar-refractivity contribution in [1.82, 2.24) is 0 Å². The Hall–Kier alpha value is -1.57. The molecule has 3 heteroatoms. The maximum atomic E-state index is 11.2. The van der Waals surface area contributed by atoms with Crippen molar-refractivity contribution >= 4 is 20.9 Å². The summed E-state index contributed by atoms with van der Waals surface area (Å²) in [6.07, 6.45) is -0.114. The van der Waals surface area contributed by atoms with Crippen LogP contribution in [0.2, 0.25) is 5.32 Å². The molecule has 2 rings (SSSR count). The van der Waals surface area contributed by atoms with Crippen LogP contribution >= 0.6 is 0 Å². The van der Waals surface area contributed by atoms with Gasteiger partial charge in [0, 0.05) is 0 Å². The molecular weight excluding hydrogens is 315 g/mol. The summed E-state index contributed by atoms with van der Waals surface area (Å²) < 4.78 is 5.45. The van der Waals surface area contributed by atoms with E-state index in [9.17, 15) is 4.79 Å². The summed E-state index contributed by atoms with van der Waals surface area (Å²) in [7, 11) is 0. The Bertz CT molecular complexity index is 525. The Morgan fingerprint density at radius 2 is 1.65 bits per heavy atom. The molecule has 2 aromatic rings. The minimum atomic E-state index is -0.214. The molecule has 0 aromatic heterocycles. The zero-order valence-corrected chi connectivity index (χ0v) is 13.2. The van der Waals surface area contributed by atoms with Gasteiger partial charge in [-0.2, -0.15) is 0 Å². The fourth-order valence-corrected chi connectivity index (χ4v) is 4.07. The Morgan fingerprint density at radius 3 is 2.25 bits per heavy atom. The van der Waals surface area contributed by atoms with Gasteiger partial charge in [0.15, 0.2) is 0 Å². The van der Waals surface area contributed by atoms with Crippen LogP contribution in [0.3, 0.4) is 0 Å². The van der Waals surface area contributed by atoms with E-state index in [1.165, 1.54) is 12.5 Å². The van der Waals surface area contributed by atoms with Crippen molar-refractivity contribution in [2.75, 3.05) is 0 Å². The van der Waals surface area contributed by atoms with Crippen molar-refractivity contribution in [3.63, 3.8) is 0 Å². The first-order valence-corrected chi connectivity index (χ1v) is 9.02. The third-order valence-electron chi connectivity index (χ3n) is 2.86. The average molecular weight is 333 g/mol. The first kappa shape index (κ1) is 14.8. The third kappa shape index (κ3) is 4.84. The number of esters is 1. The van der Waals surface area contributed by atoms with E-state index in [2.05, 4.69) is 24.3 Å². The van der Waals surface area contributed by atoms with Gasteiger partial charge < -0.3 is 0 Å². The van der Waals surface area contributed by atoms with E-state index in [-0.39, 0.29) is 12.1 Å². The SMILES string of the molecule is CC(=O)OC(C[Se]Cc1ccccc1)c1ccccc1. The van der Waals surface area contributed by atoms with E-state index in [0.29, 0.717) is 15.0 Å². The van der Waals surface area contributed by atoms with Crippen LogP contribution in [-0.2, 0) is 14.9 Å². The molecule has 2 nitrogen and oxygen atoms in total. The summed E-state index contributed by atoms with van der Waals surface area (Å²) in [5.41, 5.74) is 2.43. The van der Waals surface area contributed by atoms with Crippen molar-refractivity contribution < 1.29 is 9.53 Å². The fourth-order valence-electron chi connectivity index (χ4n) is 1.92. The van der Waals surface area contributed by atoms with E-state index < -0.39 is 0 Å². The minimum absolute atomic E-state index is 0.114. The molecule has 104 valence electrons. The standard InChI is InChI=1S/C17H18O2Se/c1-14(18)19-17(16-10-6-3-7-11-16)13-20-12-15-8-4-2-5-9-15/h2-11,17H,12-13H2,1H3. The molecule has 0 saturated heterocycles. The normalized spacial score (nSPS) is 11.8. The Balaban J connectivity index is 1.93. The summed E-state index contributed by atoms with van der Waals surface area (Å²) >= 11 is 0.414. The van der Waals surface area contributed by atoms with Crippen LogP contribution in [0.15, 0.2) is 60.7 Å². The summed E-state index contributed by atoms with van der Waals surface area (Å²) in [6, 6.07) is 20.4. The molecule has 0 spiro atoms. The molecule has 2 aromatic carbocycles. The Labute approximate surface area is 126 Å². The molecule has 0 aliphatic heterocycles. The van der Waals surface area contributed by atoms with Crippen LogP contribution < -0.4 is 0 Å². The molecule has 0 aliphatic rings. The fraction of sp³-hybridized carbons (Fsp3) is 0.235. The van der Waals surface area contributed by atoms with Gasteiger partial charge in [0.1, 0.15) is 0 Å². The van der Waals surface area contributed by atoms with Gasteiger partial charge in [-0.15, -0.1) is 0 Å². The van der Waals surface area contributed by atoms with Gasteiger partial charge >= 0.3 is 126 Å². The monoisotopic (exact) mass is 334 g/mol. The average Bonchev–Trinajstić information content (AvgIpc) is 2.48. The second kappa shape index (κ2) is 7.88. The molecule has 0 amide bonds. The predicted octanol–water partition coefficient (Wildman–Crippen LogP) is 3.61. The Kier molecular flexibility index (Phi) is 5.85. The van der Waals surface area contributed by atoms with Gasteiger partial charge in [0.2, 0.25) is 0 Å². The van der Waals surface area contributed by atoms with Crippen LogP contribution in [0.5, 0.6) is 0 Å². The number of carbonyl (C=O) groups excluding carboxylic acids is 1. The summed E-state index contributed by atoms with van der Waals surface area (Å²) in [4.78, 5) is 11.2. The van der Waals surface area contributed by atoms with Gasteiger partial charge in [-0.05, 0) is 0 Å². The van der Waals surface area contributed by atoms with Crippen LogP contribution in [-0.4, -0.2) is 20.9 Å². The molecule has 0 N–H and O–H groups in total.